The molecular weight excluding hydrogens is 166 g/mol. The van der Waals surface area contributed by atoms with Crippen LogP contribution in [0.1, 0.15) is 26.2 Å². The van der Waals surface area contributed by atoms with Crippen LogP contribution in [0.15, 0.2) is 0 Å². The number of carbonyl (C=O) groups is 1. The van der Waals surface area contributed by atoms with Gasteiger partial charge in [0, 0.05) is 13.2 Å². The summed E-state index contributed by atoms with van der Waals surface area (Å²) in [7, 11) is 2.01. The SMILES string of the molecule is CC=O.CNCCC1CCOCC1. The molecule has 0 saturated carbocycles. The highest BCUT2D eigenvalue weighted by Gasteiger charge is 2.11. The second-order valence-corrected chi connectivity index (χ2v) is 3.18. The summed E-state index contributed by atoms with van der Waals surface area (Å²) in [5, 5.41) is 3.17. The van der Waals surface area contributed by atoms with Crippen molar-refractivity contribution in [1.82, 2.24) is 5.32 Å². The molecular formula is C10H21NO2. The first-order valence-corrected chi connectivity index (χ1v) is 4.97. The molecule has 0 unspecified atom stereocenters. The molecule has 1 fully saturated rings. The summed E-state index contributed by atoms with van der Waals surface area (Å²) in [5.74, 6) is 0.918. The topological polar surface area (TPSA) is 38.3 Å². The number of ether oxygens (including phenoxy) is 1. The minimum absolute atomic E-state index is 0.750. The third-order valence-electron chi connectivity index (χ3n) is 2.14. The molecule has 0 radical (unpaired) electrons. The maximum atomic E-state index is 8.81. The maximum Gasteiger partial charge on any atom is 0.116 e. The lowest BCUT2D eigenvalue weighted by Crippen LogP contribution is -2.20. The number of carbonyl (C=O) groups excluding carboxylic acids is 1. The highest BCUT2D eigenvalue weighted by atomic mass is 16.5. The van der Waals surface area contributed by atoms with Crippen molar-refractivity contribution in [1.29, 1.82) is 0 Å². The van der Waals surface area contributed by atoms with E-state index in [0.29, 0.717) is 0 Å². The molecule has 3 nitrogen and oxygen atoms in total. The van der Waals surface area contributed by atoms with Gasteiger partial charge in [0.2, 0.25) is 0 Å². The smallest absolute Gasteiger partial charge is 0.116 e. The Bertz CT molecular complexity index is 111. The molecule has 0 aliphatic carbocycles. The number of nitrogens with one attached hydrogen (secondary N) is 1. The summed E-state index contributed by atoms with van der Waals surface area (Å²) in [4.78, 5) is 8.81. The molecule has 3 heteroatoms. The zero-order valence-corrected chi connectivity index (χ0v) is 8.71. The standard InChI is InChI=1S/C8H17NO.C2H4O/c1-9-5-2-8-3-6-10-7-4-8;1-2-3/h8-9H,2-7H2,1H3;2H,1H3. The van der Waals surface area contributed by atoms with Gasteiger partial charge in [-0.25, -0.2) is 0 Å². The molecule has 1 heterocycles. The lowest BCUT2D eigenvalue weighted by atomic mass is 9.97. The summed E-state index contributed by atoms with van der Waals surface area (Å²) in [6, 6.07) is 0. The second kappa shape index (κ2) is 9.68. The molecule has 1 aliphatic heterocycles. The van der Waals surface area contributed by atoms with Crippen LogP contribution in [0, 0.1) is 5.92 Å². The van der Waals surface area contributed by atoms with Crippen LogP contribution in [0.25, 0.3) is 0 Å². The Balaban J connectivity index is 0.000000424. The third-order valence-corrected chi connectivity index (χ3v) is 2.14. The predicted octanol–water partition coefficient (Wildman–Crippen LogP) is 1.23. The van der Waals surface area contributed by atoms with Crippen LogP contribution in [0.4, 0.5) is 0 Å². The van der Waals surface area contributed by atoms with E-state index in [2.05, 4.69) is 5.32 Å². The zero-order chi connectivity index (χ0) is 9.94. The highest BCUT2D eigenvalue weighted by Crippen LogP contribution is 2.17. The molecule has 1 rings (SSSR count). The van der Waals surface area contributed by atoms with Crippen LogP contribution < -0.4 is 5.32 Å². The van der Waals surface area contributed by atoms with Gasteiger partial charge in [-0.05, 0) is 45.7 Å². The van der Waals surface area contributed by atoms with E-state index in [0.717, 1.165) is 32.0 Å². The first-order valence-electron chi connectivity index (χ1n) is 4.97. The molecule has 1 saturated heterocycles. The van der Waals surface area contributed by atoms with Crippen LogP contribution >= 0.6 is 0 Å². The maximum absolute atomic E-state index is 8.81. The molecule has 13 heavy (non-hydrogen) atoms. The molecule has 0 atom stereocenters. The van der Waals surface area contributed by atoms with Crippen LogP contribution in [-0.4, -0.2) is 33.1 Å². The Morgan fingerprint density at radius 3 is 2.46 bits per heavy atom. The molecule has 0 aromatic carbocycles. The molecule has 1 aliphatic rings. The molecule has 1 N–H and O–H groups in total. The lowest BCUT2D eigenvalue weighted by Gasteiger charge is -2.21. The van der Waals surface area contributed by atoms with Gasteiger partial charge in [0.05, 0.1) is 0 Å². The molecule has 0 aromatic heterocycles. The summed E-state index contributed by atoms with van der Waals surface area (Å²) in [6.07, 6.45) is 4.60. The van der Waals surface area contributed by atoms with E-state index >= 15 is 0 Å². The Morgan fingerprint density at radius 1 is 1.46 bits per heavy atom. The predicted molar refractivity (Wildman–Crippen MR) is 53.8 cm³/mol. The van der Waals surface area contributed by atoms with Crippen molar-refractivity contribution < 1.29 is 9.53 Å². The third kappa shape index (κ3) is 7.94. The second-order valence-electron chi connectivity index (χ2n) is 3.18. The molecule has 0 aromatic rings. The molecule has 0 bridgehead atoms. The lowest BCUT2D eigenvalue weighted by molar-refractivity contribution is -0.106. The molecule has 0 spiro atoms. The Kier molecular flexibility index (Phi) is 9.37. The fourth-order valence-electron chi connectivity index (χ4n) is 1.38. The Hall–Kier alpha value is -0.410. The average Bonchev–Trinajstić information content (AvgIpc) is 2.18. The van der Waals surface area contributed by atoms with Crippen molar-refractivity contribution in [2.45, 2.75) is 26.2 Å². The number of hydrogen-bond donors (Lipinski definition) is 1. The van der Waals surface area contributed by atoms with Crippen LogP contribution in [0.5, 0.6) is 0 Å². The summed E-state index contributed by atoms with van der Waals surface area (Å²) < 4.78 is 5.26. The number of rotatable bonds is 3. The first kappa shape index (κ1) is 12.6. The van der Waals surface area contributed by atoms with E-state index in [1.807, 2.05) is 7.05 Å². The molecule has 0 amide bonds. The Morgan fingerprint density at radius 2 is 2.00 bits per heavy atom. The van der Waals surface area contributed by atoms with E-state index in [4.69, 9.17) is 9.53 Å². The van der Waals surface area contributed by atoms with E-state index in [9.17, 15) is 0 Å². The Labute approximate surface area is 80.8 Å². The number of hydrogen-bond acceptors (Lipinski definition) is 3. The van der Waals surface area contributed by atoms with Gasteiger partial charge in [0.25, 0.3) is 0 Å². The summed E-state index contributed by atoms with van der Waals surface area (Å²) in [5.41, 5.74) is 0. The van der Waals surface area contributed by atoms with Gasteiger partial charge in [-0.1, -0.05) is 0 Å². The van der Waals surface area contributed by atoms with E-state index in [1.54, 1.807) is 0 Å². The minimum atomic E-state index is 0.750. The zero-order valence-electron chi connectivity index (χ0n) is 8.71. The van der Waals surface area contributed by atoms with Crippen molar-refractivity contribution in [3.05, 3.63) is 0 Å². The highest BCUT2D eigenvalue weighted by molar-refractivity contribution is 5.44. The minimum Gasteiger partial charge on any atom is -0.381 e. The van der Waals surface area contributed by atoms with Gasteiger partial charge in [0.15, 0.2) is 0 Å². The van der Waals surface area contributed by atoms with E-state index in [-0.39, 0.29) is 0 Å². The molecule has 78 valence electrons. The van der Waals surface area contributed by atoms with Crippen LogP contribution in [0.3, 0.4) is 0 Å². The largest absolute Gasteiger partial charge is 0.381 e. The van der Waals surface area contributed by atoms with Gasteiger partial charge in [0.1, 0.15) is 6.29 Å². The van der Waals surface area contributed by atoms with Gasteiger partial charge in [-0.15, -0.1) is 0 Å². The summed E-state index contributed by atoms with van der Waals surface area (Å²) >= 11 is 0. The van der Waals surface area contributed by atoms with E-state index in [1.165, 1.54) is 26.2 Å². The van der Waals surface area contributed by atoms with Crippen molar-refractivity contribution in [3.63, 3.8) is 0 Å². The van der Waals surface area contributed by atoms with Gasteiger partial charge in [-0.2, -0.15) is 0 Å². The van der Waals surface area contributed by atoms with Gasteiger partial charge < -0.3 is 14.8 Å². The van der Waals surface area contributed by atoms with E-state index < -0.39 is 0 Å². The fraction of sp³-hybridized carbons (Fsp3) is 0.900. The van der Waals surface area contributed by atoms with Crippen LogP contribution in [-0.2, 0) is 9.53 Å². The van der Waals surface area contributed by atoms with Crippen molar-refractivity contribution >= 4 is 6.29 Å². The van der Waals surface area contributed by atoms with Gasteiger partial charge >= 0.3 is 0 Å². The fourth-order valence-corrected chi connectivity index (χ4v) is 1.38. The monoisotopic (exact) mass is 187 g/mol. The van der Waals surface area contributed by atoms with Gasteiger partial charge in [-0.3, -0.25) is 0 Å². The summed E-state index contributed by atoms with van der Waals surface area (Å²) in [6.45, 7) is 4.56. The van der Waals surface area contributed by atoms with Crippen LogP contribution in [0.2, 0.25) is 0 Å². The number of aldehydes is 1. The van der Waals surface area contributed by atoms with Crippen molar-refractivity contribution in [2.75, 3.05) is 26.8 Å². The van der Waals surface area contributed by atoms with Crippen molar-refractivity contribution in [3.8, 4) is 0 Å². The first-order chi connectivity index (χ1) is 6.35. The average molecular weight is 187 g/mol. The quantitative estimate of drug-likeness (QED) is 0.675. The van der Waals surface area contributed by atoms with Crippen molar-refractivity contribution in [2.24, 2.45) is 5.92 Å². The normalized spacial score (nSPS) is 17.4.